The summed E-state index contributed by atoms with van der Waals surface area (Å²) in [6, 6.07) is 1.20. The lowest BCUT2D eigenvalue weighted by Crippen LogP contribution is -2.55. The number of nitrogens with zero attached hydrogens (tertiary/aromatic N) is 2. The number of piperazine rings is 1. The van der Waals surface area contributed by atoms with E-state index in [1.807, 2.05) is 13.8 Å². The number of nitrogens with two attached hydrogens (primary N) is 1. The van der Waals surface area contributed by atoms with E-state index in [1.165, 1.54) is 9.80 Å². The Kier molecular flexibility index (Phi) is 7.62. The molecule has 0 bridgehead atoms. The molecule has 1 heterocycles. The van der Waals surface area contributed by atoms with Gasteiger partial charge in [0.1, 0.15) is 5.82 Å². The quantitative estimate of drug-likeness (QED) is 0.777. The van der Waals surface area contributed by atoms with Crippen LogP contribution in [-0.2, 0) is 11.0 Å². The van der Waals surface area contributed by atoms with Gasteiger partial charge in [0.15, 0.2) is 0 Å². The van der Waals surface area contributed by atoms with Crippen molar-refractivity contribution in [1.82, 2.24) is 9.80 Å². The molecule has 1 saturated heterocycles. The number of amides is 2. The van der Waals surface area contributed by atoms with E-state index < -0.39 is 35.1 Å². The summed E-state index contributed by atoms with van der Waals surface area (Å²) in [5.74, 6) is -2.15. The highest BCUT2D eigenvalue weighted by atomic mass is 35.5. The van der Waals surface area contributed by atoms with Crippen molar-refractivity contribution in [3.63, 3.8) is 0 Å². The second-order valence-corrected chi connectivity index (χ2v) is 6.58. The highest BCUT2D eigenvalue weighted by Crippen LogP contribution is 2.30. The minimum atomic E-state index is -4.68. The maximum atomic E-state index is 14.0. The fraction of sp³-hybridized carbons (Fsp3) is 0.529. The molecule has 0 radical (unpaired) electrons. The number of alkyl halides is 3. The van der Waals surface area contributed by atoms with E-state index in [-0.39, 0.29) is 50.4 Å². The molecular weight excluding hydrogens is 390 g/mol. The van der Waals surface area contributed by atoms with Gasteiger partial charge >= 0.3 is 6.18 Å². The van der Waals surface area contributed by atoms with E-state index >= 15 is 0 Å². The van der Waals surface area contributed by atoms with Crippen LogP contribution in [0, 0.1) is 11.7 Å². The minimum absolute atomic E-state index is 0. The molecule has 10 heteroatoms. The predicted octanol–water partition coefficient (Wildman–Crippen LogP) is 2.53. The summed E-state index contributed by atoms with van der Waals surface area (Å²) in [5, 5.41) is 0. The maximum Gasteiger partial charge on any atom is 0.416 e. The molecule has 1 atom stereocenters. The number of benzene rings is 1. The Hall–Kier alpha value is -1.87. The third kappa shape index (κ3) is 5.32. The van der Waals surface area contributed by atoms with Gasteiger partial charge < -0.3 is 15.5 Å². The molecule has 0 aliphatic carbocycles. The van der Waals surface area contributed by atoms with Gasteiger partial charge in [-0.15, -0.1) is 12.4 Å². The Morgan fingerprint density at radius 2 is 1.59 bits per heavy atom. The molecule has 1 aromatic carbocycles. The summed E-state index contributed by atoms with van der Waals surface area (Å²) in [5.41, 5.74) is 4.26. The van der Waals surface area contributed by atoms with Crippen LogP contribution in [0.3, 0.4) is 0 Å². The van der Waals surface area contributed by atoms with E-state index in [0.29, 0.717) is 12.1 Å². The van der Waals surface area contributed by atoms with Crippen molar-refractivity contribution in [2.45, 2.75) is 26.1 Å². The van der Waals surface area contributed by atoms with Crippen LogP contribution in [0.4, 0.5) is 17.6 Å². The van der Waals surface area contributed by atoms with Gasteiger partial charge in [-0.05, 0) is 24.1 Å². The van der Waals surface area contributed by atoms with Gasteiger partial charge in [-0.1, -0.05) is 13.8 Å². The molecule has 27 heavy (non-hydrogen) atoms. The molecule has 0 unspecified atom stereocenters. The van der Waals surface area contributed by atoms with E-state index in [2.05, 4.69) is 0 Å². The Bertz CT molecular complexity index is 689. The van der Waals surface area contributed by atoms with Crippen molar-refractivity contribution >= 4 is 24.2 Å². The van der Waals surface area contributed by atoms with Crippen LogP contribution in [0.2, 0.25) is 0 Å². The first-order valence-electron chi connectivity index (χ1n) is 8.22. The maximum absolute atomic E-state index is 14.0. The van der Waals surface area contributed by atoms with Crippen molar-refractivity contribution in [3.05, 3.63) is 35.1 Å². The van der Waals surface area contributed by atoms with Crippen LogP contribution in [-0.4, -0.2) is 53.8 Å². The summed E-state index contributed by atoms with van der Waals surface area (Å²) in [6.45, 7) is 4.47. The number of hydrogen-bond acceptors (Lipinski definition) is 3. The molecule has 5 nitrogen and oxygen atoms in total. The first kappa shape index (κ1) is 23.2. The summed E-state index contributed by atoms with van der Waals surface area (Å²) in [4.78, 5) is 27.4. The third-order valence-electron chi connectivity index (χ3n) is 4.41. The second kappa shape index (κ2) is 8.88. The summed E-state index contributed by atoms with van der Waals surface area (Å²) >= 11 is 0. The lowest BCUT2D eigenvalue weighted by atomic mass is 10.0. The molecule has 1 fully saturated rings. The Balaban J connectivity index is 0.00000364. The van der Waals surface area contributed by atoms with E-state index in [4.69, 9.17) is 5.73 Å². The fourth-order valence-corrected chi connectivity index (χ4v) is 2.66. The topological polar surface area (TPSA) is 66.6 Å². The highest BCUT2D eigenvalue weighted by Gasteiger charge is 2.33. The first-order valence-corrected chi connectivity index (χ1v) is 8.22. The largest absolute Gasteiger partial charge is 0.416 e. The monoisotopic (exact) mass is 411 g/mol. The molecule has 1 aliphatic rings. The lowest BCUT2D eigenvalue weighted by Gasteiger charge is -2.36. The number of halogens is 5. The average molecular weight is 412 g/mol. The molecule has 0 aromatic heterocycles. The van der Waals surface area contributed by atoms with Gasteiger partial charge in [-0.3, -0.25) is 9.59 Å². The lowest BCUT2D eigenvalue weighted by molar-refractivity contribution is -0.137. The Morgan fingerprint density at radius 3 is 2.04 bits per heavy atom. The molecule has 0 spiro atoms. The third-order valence-corrected chi connectivity index (χ3v) is 4.41. The van der Waals surface area contributed by atoms with Crippen molar-refractivity contribution in [2.24, 2.45) is 11.7 Å². The van der Waals surface area contributed by atoms with Crippen LogP contribution in [0.15, 0.2) is 18.2 Å². The molecule has 2 N–H and O–H groups in total. The van der Waals surface area contributed by atoms with Crippen LogP contribution < -0.4 is 5.73 Å². The number of hydrogen-bond donors (Lipinski definition) is 1. The molecule has 2 amide bonds. The van der Waals surface area contributed by atoms with Gasteiger partial charge in [0.25, 0.3) is 5.91 Å². The van der Waals surface area contributed by atoms with Gasteiger partial charge in [-0.2, -0.15) is 13.2 Å². The van der Waals surface area contributed by atoms with Gasteiger partial charge in [0, 0.05) is 26.2 Å². The standard InChI is InChI=1S/C17H21F4N3O2.ClH/c1-10(2)14(22)16(26)24-7-5-23(6-8-24)15(25)12-4-3-11(9-13(12)18)17(19,20)21;/h3-4,9-10,14H,5-8,22H2,1-2H3;1H/t14-;/m0./s1. The Morgan fingerprint density at radius 1 is 1.07 bits per heavy atom. The summed E-state index contributed by atoms with van der Waals surface area (Å²) in [7, 11) is 0. The van der Waals surface area contributed by atoms with Crippen LogP contribution in [0.5, 0.6) is 0 Å². The zero-order valence-corrected chi connectivity index (χ0v) is 15.7. The van der Waals surface area contributed by atoms with Crippen LogP contribution in [0.1, 0.15) is 29.8 Å². The highest BCUT2D eigenvalue weighted by molar-refractivity contribution is 5.94. The molecular formula is C17H22ClF4N3O2. The van der Waals surface area contributed by atoms with Crippen LogP contribution >= 0.6 is 12.4 Å². The molecule has 152 valence electrons. The van der Waals surface area contributed by atoms with Gasteiger partial charge in [-0.25, -0.2) is 4.39 Å². The molecule has 1 aliphatic heterocycles. The number of carbonyl (C=O) groups is 2. The SMILES string of the molecule is CC(C)[C@H](N)C(=O)N1CCN(C(=O)c2ccc(C(F)(F)F)cc2F)CC1.Cl. The van der Waals surface area contributed by atoms with Crippen molar-refractivity contribution in [2.75, 3.05) is 26.2 Å². The second-order valence-electron chi connectivity index (χ2n) is 6.58. The fourth-order valence-electron chi connectivity index (χ4n) is 2.66. The normalized spacial score (nSPS) is 16.1. The van der Waals surface area contributed by atoms with Crippen molar-refractivity contribution in [3.8, 4) is 0 Å². The van der Waals surface area contributed by atoms with Gasteiger partial charge in [0.2, 0.25) is 5.91 Å². The predicted molar refractivity (Wildman–Crippen MR) is 93.9 cm³/mol. The summed E-state index contributed by atoms with van der Waals surface area (Å²) < 4.78 is 51.7. The minimum Gasteiger partial charge on any atom is -0.338 e. The molecule has 0 saturated carbocycles. The number of rotatable bonds is 3. The smallest absolute Gasteiger partial charge is 0.338 e. The van der Waals surface area contributed by atoms with E-state index in [0.717, 1.165) is 6.07 Å². The average Bonchev–Trinajstić information content (AvgIpc) is 2.59. The Labute approximate surface area is 160 Å². The zero-order chi connectivity index (χ0) is 19.6. The molecule has 2 rings (SSSR count). The number of carbonyl (C=O) groups excluding carboxylic acids is 2. The molecule has 1 aromatic rings. The van der Waals surface area contributed by atoms with Crippen molar-refractivity contribution < 1.29 is 27.2 Å². The van der Waals surface area contributed by atoms with Crippen molar-refractivity contribution in [1.29, 1.82) is 0 Å². The zero-order valence-electron chi connectivity index (χ0n) is 14.9. The van der Waals surface area contributed by atoms with Gasteiger partial charge in [0.05, 0.1) is 17.2 Å². The van der Waals surface area contributed by atoms with E-state index in [9.17, 15) is 27.2 Å². The summed E-state index contributed by atoms with van der Waals surface area (Å²) in [6.07, 6.45) is -4.68. The van der Waals surface area contributed by atoms with E-state index in [1.54, 1.807) is 0 Å². The van der Waals surface area contributed by atoms with Crippen LogP contribution in [0.25, 0.3) is 0 Å². The first-order chi connectivity index (χ1) is 12.0.